The van der Waals surface area contributed by atoms with E-state index in [1.165, 1.54) is 35.3 Å². The molecule has 0 atom stereocenters. The van der Waals surface area contributed by atoms with E-state index in [2.05, 4.69) is 60.9 Å². The van der Waals surface area contributed by atoms with Gasteiger partial charge < -0.3 is 9.30 Å². The monoisotopic (exact) mass is 320 g/mol. The van der Waals surface area contributed by atoms with Crippen LogP contribution in [-0.4, -0.2) is 16.2 Å². The Labute approximate surface area is 143 Å². The first kappa shape index (κ1) is 15.3. The molecular weight excluding hydrogens is 296 g/mol. The lowest BCUT2D eigenvalue weighted by Gasteiger charge is -2.12. The number of benzene rings is 2. The zero-order chi connectivity index (χ0) is 16.5. The molecule has 1 aliphatic carbocycles. The highest BCUT2D eigenvalue weighted by atomic mass is 16.5. The predicted molar refractivity (Wildman–Crippen MR) is 97.7 cm³/mol. The molecule has 0 radical (unpaired) electrons. The quantitative estimate of drug-likeness (QED) is 0.598. The van der Waals surface area contributed by atoms with Crippen molar-refractivity contribution in [2.45, 2.75) is 45.6 Å². The summed E-state index contributed by atoms with van der Waals surface area (Å²) >= 11 is 0. The second-order valence-corrected chi connectivity index (χ2v) is 6.86. The van der Waals surface area contributed by atoms with Gasteiger partial charge in [-0.15, -0.1) is 0 Å². The zero-order valence-corrected chi connectivity index (χ0v) is 14.5. The Bertz CT molecular complexity index is 861. The summed E-state index contributed by atoms with van der Waals surface area (Å²) in [5.74, 6) is 2.94. The van der Waals surface area contributed by atoms with E-state index in [0.717, 1.165) is 30.8 Å². The first-order valence-electron chi connectivity index (χ1n) is 8.87. The van der Waals surface area contributed by atoms with Crippen molar-refractivity contribution in [3.63, 3.8) is 0 Å². The normalized spacial score (nSPS) is 14.2. The number of aryl methyl sites for hydroxylation is 3. The van der Waals surface area contributed by atoms with Gasteiger partial charge >= 0.3 is 0 Å². The zero-order valence-electron chi connectivity index (χ0n) is 14.5. The third-order valence-corrected chi connectivity index (χ3v) is 4.75. The van der Waals surface area contributed by atoms with Crippen LogP contribution in [0.2, 0.25) is 0 Å². The minimum atomic E-state index is 0.664. The van der Waals surface area contributed by atoms with E-state index in [1.807, 2.05) is 0 Å². The van der Waals surface area contributed by atoms with E-state index < -0.39 is 0 Å². The minimum absolute atomic E-state index is 0.664. The number of imidazole rings is 1. The maximum atomic E-state index is 6.01. The third kappa shape index (κ3) is 3.03. The molecule has 1 fully saturated rings. The molecule has 1 aromatic heterocycles. The van der Waals surface area contributed by atoms with Crippen LogP contribution in [0.5, 0.6) is 5.75 Å². The van der Waals surface area contributed by atoms with Crippen molar-refractivity contribution in [2.75, 3.05) is 6.61 Å². The molecule has 3 heteroatoms. The highest BCUT2D eigenvalue weighted by molar-refractivity contribution is 5.76. The Morgan fingerprint density at radius 1 is 1.12 bits per heavy atom. The van der Waals surface area contributed by atoms with Crippen molar-refractivity contribution in [2.24, 2.45) is 0 Å². The van der Waals surface area contributed by atoms with Crippen molar-refractivity contribution in [1.82, 2.24) is 9.55 Å². The molecule has 0 N–H and O–H groups in total. The number of ether oxygens (including phenoxy) is 1. The fourth-order valence-corrected chi connectivity index (χ4v) is 3.25. The number of para-hydroxylation sites is 2. The van der Waals surface area contributed by atoms with E-state index in [1.54, 1.807) is 0 Å². The SMILES string of the molecule is Cc1ccc(C)c(OCCCn2c(C3CC3)nc3ccccc32)c1. The van der Waals surface area contributed by atoms with Gasteiger partial charge in [-0.3, -0.25) is 0 Å². The van der Waals surface area contributed by atoms with Gasteiger partial charge in [-0.2, -0.15) is 0 Å². The van der Waals surface area contributed by atoms with Crippen molar-refractivity contribution < 1.29 is 4.74 Å². The number of nitrogens with zero attached hydrogens (tertiary/aromatic N) is 2. The molecule has 0 amide bonds. The molecule has 24 heavy (non-hydrogen) atoms. The van der Waals surface area contributed by atoms with Crippen molar-refractivity contribution in [3.8, 4) is 5.75 Å². The van der Waals surface area contributed by atoms with Gasteiger partial charge in [0.2, 0.25) is 0 Å². The average molecular weight is 320 g/mol. The third-order valence-electron chi connectivity index (χ3n) is 4.75. The summed E-state index contributed by atoms with van der Waals surface area (Å²) in [6, 6.07) is 14.8. The van der Waals surface area contributed by atoms with Crippen LogP contribution in [0, 0.1) is 13.8 Å². The van der Waals surface area contributed by atoms with Crippen LogP contribution in [0.15, 0.2) is 42.5 Å². The summed E-state index contributed by atoms with van der Waals surface area (Å²) < 4.78 is 8.41. The van der Waals surface area contributed by atoms with E-state index in [0.29, 0.717) is 5.92 Å². The fraction of sp³-hybridized carbons (Fsp3) is 0.381. The van der Waals surface area contributed by atoms with Crippen LogP contribution in [0.25, 0.3) is 11.0 Å². The topological polar surface area (TPSA) is 27.1 Å². The van der Waals surface area contributed by atoms with Gasteiger partial charge in [-0.05, 0) is 62.4 Å². The number of rotatable bonds is 6. The van der Waals surface area contributed by atoms with E-state index in [4.69, 9.17) is 9.72 Å². The van der Waals surface area contributed by atoms with Gasteiger partial charge in [0, 0.05) is 12.5 Å². The largest absolute Gasteiger partial charge is 0.493 e. The molecule has 3 nitrogen and oxygen atoms in total. The van der Waals surface area contributed by atoms with Gasteiger partial charge in [0.05, 0.1) is 17.6 Å². The van der Waals surface area contributed by atoms with Crippen LogP contribution < -0.4 is 4.74 Å². The molecule has 2 aromatic carbocycles. The molecule has 0 bridgehead atoms. The average Bonchev–Trinajstić information content (AvgIpc) is 3.37. The van der Waals surface area contributed by atoms with Crippen LogP contribution >= 0.6 is 0 Å². The Balaban J connectivity index is 1.45. The Kier molecular flexibility index (Phi) is 4.01. The lowest BCUT2D eigenvalue weighted by molar-refractivity contribution is 0.299. The van der Waals surface area contributed by atoms with E-state index >= 15 is 0 Å². The molecule has 3 aromatic rings. The molecule has 1 aliphatic rings. The number of hydrogen-bond donors (Lipinski definition) is 0. The lowest BCUT2D eigenvalue weighted by Crippen LogP contribution is -2.08. The first-order chi connectivity index (χ1) is 11.7. The van der Waals surface area contributed by atoms with Crippen LogP contribution in [0.3, 0.4) is 0 Å². The summed E-state index contributed by atoms with van der Waals surface area (Å²) in [4.78, 5) is 4.86. The smallest absolute Gasteiger partial charge is 0.122 e. The minimum Gasteiger partial charge on any atom is -0.493 e. The van der Waals surface area contributed by atoms with Gasteiger partial charge in [0.25, 0.3) is 0 Å². The highest BCUT2D eigenvalue weighted by Crippen LogP contribution is 2.40. The van der Waals surface area contributed by atoms with Crippen molar-refractivity contribution in [1.29, 1.82) is 0 Å². The van der Waals surface area contributed by atoms with Gasteiger partial charge in [-0.25, -0.2) is 4.98 Å². The summed E-state index contributed by atoms with van der Waals surface area (Å²) in [7, 11) is 0. The Morgan fingerprint density at radius 2 is 1.96 bits per heavy atom. The molecule has 0 saturated heterocycles. The van der Waals surface area contributed by atoms with Crippen LogP contribution in [0.1, 0.15) is 42.1 Å². The molecule has 124 valence electrons. The van der Waals surface area contributed by atoms with E-state index in [-0.39, 0.29) is 0 Å². The van der Waals surface area contributed by atoms with Crippen molar-refractivity contribution in [3.05, 3.63) is 59.4 Å². The second kappa shape index (κ2) is 6.31. The molecule has 1 heterocycles. The number of aromatic nitrogens is 2. The summed E-state index contributed by atoms with van der Waals surface area (Å²) in [5, 5.41) is 0. The van der Waals surface area contributed by atoms with Gasteiger partial charge in [0.1, 0.15) is 11.6 Å². The predicted octanol–water partition coefficient (Wildman–Crippen LogP) is 5.00. The molecule has 1 saturated carbocycles. The molecule has 0 aliphatic heterocycles. The maximum Gasteiger partial charge on any atom is 0.122 e. The summed E-state index contributed by atoms with van der Waals surface area (Å²) in [5.41, 5.74) is 4.82. The molecule has 4 rings (SSSR count). The lowest BCUT2D eigenvalue weighted by atomic mass is 10.1. The molecular formula is C21H24N2O. The molecule has 0 unspecified atom stereocenters. The van der Waals surface area contributed by atoms with Crippen LogP contribution in [0.4, 0.5) is 0 Å². The number of hydrogen-bond acceptors (Lipinski definition) is 2. The van der Waals surface area contributed by atoms with Gasteiger partial charge in [-0.1, -0.05) is 24.3 Å². The Hall–Kier alpha value is -2.29. The van der Waals surface area contributed by atoms with Crippen molar-refractivity contribution >= 4 is 11.0 Å². The fourth-order valence-electron chi connectivity index (χ4n) is 3.25. The summed E-state index contributed by atoms with van der Waals surface area (Å²) in [6.07, 6.45) is 3.55. The van der Waals surface area contributed by atoms with Gasteiger partial charge in [0.15, 0.2) is 0 Å². The standard InChI is InChI=1S/C21H24N2O/c1-15-8-9-16(2)20(14-15)24-13-5-12-23-19-7-4-3-6-18(19)22-21(23)17-10-11-17/h3-4,6-9,14,17H,5,10-13H2,1-2H3. The van der Waals surface area contributed by atoms with E-state index in [9.17, 15) is 0 Å². The first-order valence-corrected chi connectivity index (χ1v) is 8.87. The number of fused-ring (bicyclic) bond motifs is 1. The summed E-state index contributed by atoms with van der Waals surface area (Å²) in [6.45, 7) is 5.91. The highest BCUT2D eigenvalue weighted by Gasteiger charge is 2.29. The second-order valence-electron chi connectivity index (χ2n) is 6.86. The maximum absolute atomic E-state index is 6.01. The van der Waals surface area contributed by atoms with Crippen LogP contribution in [-0.2, 0) is 6.54 Å². The Morgan fingerprint density at radius 3 is 2.79 bits per heavy atom. The molecule has 0 spiro atoms.